The number of fused-ring (bicyclic) bond motifs is 1. The lowest BCUT2D eigenvalue weighted by molar-refractivity contribution is 0.358. The minimum atomic E-state index is -0.265. The SMILES string of the molecule is C[C@H]1CCC[C@H](Nc2n[nH]c(=O)c3c2nnn3Cc2ccccc2)C1. The fourth-order valence-electron chi connectivity index (χ4n) is 3.64. The van der Waals surface area contributed by atoms with E-state index in [4.69, 9.17) is 0 Å². The van der Waals surface area contributed by atoms with Crippen LogP contribution in [0.15, 0.2) is 35.1 Å². The summed E-state index contributed by atoms with van der Waals surface area (Å²) in [5.74, 6) is 1.33. The summed E-state index contributed by atoms with van der Waals surface area (Å²) in [6.45, 7) is 2.78. The van der Waals surface area contributed by atoms with Crippen molar-refractivity contribution in [3.05, 3.63) is 46.2 Å². The van der Waals surface area contributed by atoms with Gasteiger partial charge in [0.05, 0.1) is 6.54 Å². The molecule has 2 heterocycles. The van der Waals surface area contributed by atoms with Crippen molar-refractivity contribution >= 4 is 16.9 Å². The van der Waals surface area contributed by atoms with E-state index in [1.165, 1.54) is 12.8 Å². The summed E-state index contributed by atoms with van der Waals surface area (Å²) in [7, 11) is 0. The van der Waals surface area contributed by atoms with Crippen LogP contribution in [0.5, 0.6) is 0 Å². The smallest absolute Gasteiger partial charge is 0.292 e. The molecule has 2 N–H and O–H groups in total. The maximum Gasteiger partial charge on any atom is 0.292 e. The van der Waals surface area contributed by atoms with Crippen molar-refractivity contribution in [1.29, 1.82) is 0 Å². The van der Waals surface area contributed by atoms with Gasteiger partial charge in [0.15, 0.2) is 16.9 Å². The van der Waals surface area contributed by atoms with E-state index in [-0.39, 0.29) is 5.56 Å². The van der Waals surface area contributed by atoms with E-state index in [0.717, 1.165) is 18.4 Å². The molecule has 1 aliphatic rings. The Morgan fingerprint density at radius 2 is 2.12 bits per heavy atom. The van der Waals surface area contributed by atoms with Gasteiger partial charge in [0.2, 0.25) is 0 Å². The highest BCUT2D eigenvalue weighted by molar-refractivity contribution is 5.84. The molecule has 1 aromatic carbocycles. The lowest BCUT2D eigenvalue weighted by atomic mass is 9.87. The Morgan fingerprint density at radius 3 is 2.92 bits per heavy atom. The zero-order valence-corrected chi connectivity index (χ0v) is 14.3. The van der Waals surface area contributed by atoms with Gasteiger partial charge in [-0.25, -0.2) is 9.78 Å². The summed E-state index contributed by atoms with van der Waals surface area (Å²) >= 11 is 0. The van der Waals surface area contributed by atoms with Gasteiger partial charge in [-0.1, -0.05) is 55.3 Å². The Hall–Kier alpha value is -2.70. The lowest BCUT2D eigenvalue weighted by Crippen LogP contribution is -2.27. The molecule has 1 fully saturated rings. The van der Waals surface area contributed by atoms with Crippen LogP contribution < -0.4 is 10.9 Å². The summed E-state index contributed by atoms with van der Waals surface area (Å²) in [4.78, 5) is 12.3. The summed E-state index contributed by atoms with van der Waals surface area (Å²) in [6.07, 6.45) is 4.72. The standard InChI is InChI=1S/C18H22N6O/c1-12-6-5-9-14(10-12)19-17-15-16(18(25)22-21-17)24(23-20-15)11-13-7-3-2-4-8-13/h2-4,7-8,12,14H,5-6,9-11H2,1H3,(H,19,21)(H,22,25)/t12-,14-/m0/s1. The normalized spacial score (nSPS) is 20.7. The van der Waals surface area contributed by atoms with E-state index in [1.807, 2.05) is 30.3 Å². The van der Waals surface area contributed by atoms with E-state index in [2.05, 4.69) is 32.7 Å². The summed E-state index contributed by atoms with van der Waals surface area (Å²) in [5, 5.41) is 18.6. The number of nitrogens with one attached hydrogen (secondary N) is 2. The summed E-state index contributed by atoms with van der Waals surface area (Å²) in [6, 6.07) is 10.3. The average Bonchev–Trinajstić information content (AvgIpc) is 3.03. The molecule has 0 amide bonds. The third kappa shape index (κ3) is 3.26. The van der Waals surface area contributed by atoms with Gasteiger partial charge in [0.25, 0.3) is 5.56 Å². The fourth-order valence-corrected chi connectivity index (χ4v) is 3.64. The van der Waals surface area contributed by atoms with Crippen LogP contribution in [-0.4, -0.2) is 31.2 Å². The van der Waals surface area contributed by atoms with Gasteiger partial charge in [-0.05, 0) is 24.3 Å². The molecule has 0 unspecified atom stereocenters. The predicted octanol–water partition coefficient (Wildman–Crippen LogP) is 2.55. The largest absolute Gasteiger partial charge is 0.364 e. The van der Waals surface area contributed by atoms with E-state index in [9.17, 15) is 4.79 Å². The van der Waals surface area contributed by atoms with Crippen molar-refractivity contribution in [1.82, 2.24) is 25.2 Å². The Bertz CT molecular complexity index is 916. The molecular weight excluding hydrogens is 316 g/mol. The molecule has 130 valence electrons. The van der Waals surface area contributed by atoms with E-state index in [0.29, 0.717) is 35.4 Å². The van der Waals surface area contributed by atoms with Crippen LogP contribution in [0.3, 0.4) is 0 Å². The molecule has 3 aromatic rings. The molecule has 0 spiro atoms. The molecule has 7 heteroatoms. The third-order valence-electron chi connectivity index (χ3n) is 4.90. The second kappa shape index (κ2) is 6.66. The van der Waals surface area contributed by atoms with Gasteiger partial charge in [-0.2, -0.15) is 5.10 Å². The Morgan fingerprint density at radius 1 is 1.28 bits per heavy atom. The number of aromatic amines is 1. The molecule has 7 nitrogen and oxygen atoms in total. The second-order valence-corrected chi connectivity index (χ2v) is 6.94. The van der Waals surface area contributed by atoms with Crippen molar-refractivity contribution in [3.8, 4) is 0 Å². The zero-order chi connectivity index (χ0) is 17.2. The van der Waals surface area contributed by atoms with Gasteiger partial charge in [0.1, 0.15) is 0 Å². The van der Waals surface area contributed by atoms with Crippen LogP contribution in [-0.2, 0) is 6.54 Å². The number of rotatable bonds is 4. The minimum absolute atomic E-state index is 0.265. The molecule has 2 atom stereocenters. The molecule has 1 aliphatic carbocycles. The molecule has 0 bridgehead atoms. The zero-order valence-electron chi connectivity index (χ0n) is 14.3. The maximum atomic E-state index is 12.3. The highest BCUT2D eigenvalue weighted by Gasteiger charge is 2.22. The number of benzene rings is 1. The van der Waals surface area contributed by atoms with E-state index >= 15 is 0 Å². The average molecular weight is 338 g/mol. The summed E-state index contributed by atoms with van der Waals surface area (Å²) < 4.78 is 1.64. The number of hydrogen-bond acceptors (Lipinski definition) is 5. The van der Waals surface area contributed by atoms with Gasteiger partial charge < -0.3 is 5.32 Å². The second-order valence-electron chi connectivity index (χ2n) is 6.94. The lowest BCUT2D eigenvalue weighted by Gasteiger charge is -2.27. The van der Waals surface area contributed by atoms with Crippen molar-refractivity contribution < 1.29 is 0 Å². The van der Waals surface area contributed by atoms with Crippen molar-refractivity contribution in [2.75, 3.05) is 5.32 Å². The summed E-state index contributed by atoms with van der Waals surface area (Å²) in [5.41, 5.74) is 1.81. The first-order chi connectivity index (χ1) is 12.2. The topological polar surface area (TPSA) is 88.5 Å². The van der Waals surface area contributed by atoms with Crippen LogP contribution in [0.25, 0.3) is 11.0 Å². The molecule has 0 saturated heterocycles. The molecule has 2 aromatic heterocycles. The van der Waals surface area contributed by atoms with Crippen LogP contribution in [0.1, 0.15) is 38.2 Å². The van der Waals surface area contributed by atoms with Crippen LogP contribution >= 0.6 is 0 Å². The first-order valence-electron chi connectivity index (χ1n) is 8.83. The molecule has 25 heavy (non-hydrogen) atoms. The van der Waals surface area contributed by atoms with Crippen molar-refractivity contribution in [2.24, 2.45) is 5.92 Å². The highest BCUT2D eigenvalue weighted by Crippen LogP contribution is 2.27. The number of aromatic nitrogens is 5. The predicted molar refractivity (Wildman–Crippen MR) is 96.5 cm³/mol. The van der Waals surface area contributed by atoms with Crippen LogP contribution in [0.2, 0.25) is 0 Å². The Balaban J connectivity index is 1.66. The minimum Gasteiger partial charge on any atom is -0.364 e. The molecular formula is C18H22N6O. The van der Waals surface area contributed by atoms with Crippen molar-refractivity contribution in [2.45, 2.75) is 45.2 Å². The molecule has 1 saturated carbocycles. The first kappa shape index (κ1) is 15.8. The Labute approximate surface area is 145 Å². The van der Waals surface area contributed by atoms with Gasteiger partial charge in [-0.3, -0.25) is 4.79 Å². The number of H-pyrrole nitrogens is 1. The molecule has 4 rings (SSSR count). The number of anilines is 1. The Kier molecular flexibility index (Phi) is 4.21. The van der Waals surface area contributed by atoms with E-state index < -0.39 is 0 Å². The van der Waals surface area contributed by atoms with Crippen LogP contribution in [0, 0.1) is 5.92 Å². The van der Waals surface area contributed by atoms with Gasteiger partial charge in [0, 0.05) is 6.04 Å². The maximum absolute atomic E-state index is 12.3. The van der Waals surface area contributed by atoms with Gasteiger partial charge >= 0.3 is 0 Å². The molecule has 0 aliphatic heterocycles. The monoisotopic (exact) mass is 338 g/mol. The van der Waals surface area contributed by atoms with Crippen LogP contribution in [0.4, 0.5) is 5.82 Å². The first-order valence-corrected chi connectivity index (χ1v) is 8.83. The van der Waals surface area contributed by atoms with Gasteiger partial charge in [-0.15, -0.1) is 5.10 Å². The van der Waals surface area contributed by atoms with E-state index in [1.54, 1.807) is 4.68 Å². The van der Waals surface area contributed by atoms with Crippen molar-refractivity contribution in [3.63, 3.8) is 0 Å². The molecule has 0 radical (unpaired) electrons. The quantitative estimate of drug-likeness (QED) is 0.763. The number of nitrogens with zero attached hydrogens (tertiary/aromatic N) is 4. The highest BCUT2D eigenvalue weighted by atomic mass is 16.1. The third-order valence-corrected chi connectivity index (χ3v) is 4.90. The number of hydrogen-bond donors (Lipinski definition) is 2. The fraction of sp³-hybridized carbons (Fsp3) is 0.444.